The topological polar surface area (TPSA) is 151 Å². The van der Waals surface area contributed by atoms with E-state index < -0.39 is 30.2 Å². The number of aromatic nitrogens is 3. The molecular formula is C28H40BN5O6. The van der Waals surface area contributed by atoms with Crippen LogP contribution in [-0.4, -0.2) is 64.5 Å². The van der Waals surface area contributed by atoms with Crippen LogP contribution in [-0.2, 0) is 31.7 Å². The maximum absolute atomic E-state index is 13.2. The zero-order chi connectivity index (χ0) is 29.0. The fourth-order valence-corrected chi connectivity index (χ4v) is 6.81. The minimum atomic E-state index is -0.691. The molecule has 2 bridgehead atoms. The predicted molar refractivity (Wildman–Crippen MR) is 148 cm³/mol. The number of hydrogen-bond acceptors (Lipinski definition) is 9. The van der Waals surface area contributed by atoms with E-state index in [1.165, 1.54) is 7.11 Å². The van der Waals surface area contributed by atoms with Gasteiger partial charge in [0.1, 0.15) is 22.7 Å². The summed E-state index contributed by atoms with van der Waals surface area (Å²) in [4.78, 5) is 28.9. The molecule has 4 fully saturated rings. The van der Waals surface area contributed by atoms with Crippen molar-refractivity contribution >= 4 is 24.9 Å². The van der Waals surface area contributed by atoms with Crippen LogP contribution < -0.4 is 15.8 Å². The SMILES string of the molecule is COc1c(C[C@H](NC(=O)Cc2nnc(N)[nH]2)B2O[C@@H]3C[C@@H]4C[C@@H](C4(C)C)[C@]3(C)O2)cccc1C(=O)OC(C)(C)C. The summed E-state index contributed by atoms with van der Waals surface area (Å²) in [6, 6.07) is 5.32. The molecule has 1 saturated heterocycles. The van der Waals surface area contributed by atoms with Gasteiger partial charge in [-0.05, 0) is 75.8 Å². The van der Waals surface area contributed by atoms with E-state index in [1.54, 1.807) is 12.1 Å². The van der Waals surface area contributed by atoms with Crippen LogP contribution in [0.3, 0.4) is 0 Å². The third kappa shape index (κ3) is 5.19. The highest BCUT2D eigenvalue weighted by Gasteiger charge is 2.68. The number of H-pyrrole nitrogens is 1. The van der Waals surface area contributed by atoms with Crippen LogP contribution in [0.1, 0.15) is 76.1 Å². The number of nitrogen functional groups attached to an aromatic ring is 1. The normalized spacial score (nSPS) is 27.4. The van der Waals surface area contributed by atoms with Crippen molar-refractivity contribution in [1.29, 1.82) is 0 Å². The minimum absolute atomic E-state index is 0.0407. The molecule has 1 amide bonds. The van der Waals surface area contributed by atoms with Crippen molar-refractivity contribution in [3.63, 3.8) is 0 Å². The Hall–Kier alpha value is -3.12. The van der Waals surface area contributed by atoms with Gasteiger partial charge in [0.2, 0.25) is 11.9 Å². The average molecular weight is 553 g/mol. The number of methoxy groups -OCH3 is 1. The maximum Gasteiger partial charge on any atom is 0.482 e. The minimum Gasteiger partial charge on any atom is -0.496 e. The summed E-state index contributed by atoms with van der Waals surface area (Å²) in [7, 11) is 0.825. The summed E-state index contributed by atoms with van der Waals surface area (Å²) >= 11 is 0. The molecule has 0 radical (unpaired) electrons. The van der Waals surface area contributed by atoms with Crippen LogP contribution in [0.15, 0.2) is 18.2 Å². The quantitative estimate of drug-likeness (QED) is 0.331. The molecule has 11 nitrogen and oxygen atoms in total. The Morgan fingerprint density at radius 1 is 1.25 bits per heavy atom. The smallest absolute Gasteiger partial charge is 0.482 e. The number of para-hydroxylation sites is 1. The van der Waals surface area contributed by atoms with Crippen LogP contribution in [0, 0.1) is 17.3 Å². The number of nitrogens with one attached hydrogen (secondary N) is 2. The fourth-order valence-electron chi connectivity index (χ4n) is 6.81. The standard InChI is InChI=1S/C28H40BN5O6/c1-26(2,3)38-24(36)17-10-8-9-15(23(17)37-7)11-20(31-22(35)14-21-32-25(30)34-33-21)29-39-19-13-16-12-18(27(16,4)5)28(19,6)40-29/h8-10,16,18-20H,11-14H2,1-7H3,(H,31,35)(H3,30,32,33,34)/t16-,18-,19+,20-,28-/m0/s1. The molecule has 4 aliphatic rings. The van der Waals surface area contributed by atoms with E-state index in [-0.39, 0.29) is 29.8 Å². The first-order valence-electron chi connectivity index (χ1n) is 13.9. The second-order valence-corrected chi connectivity index (χ2v) is 13.0. The number of rotatable bonds is 8. The van der Waals surface area contributed by atoms with Crippen LogP contribution in [0.4, 0.5) is 5.95 Å². The highest BCUT2D eigenvalue weighted by Crippen LogP contribution is 2.65. The van der Waals surface area contributed by atoms with Gasteiger partial charge >= 0.3 is 13.1 Å². The van der Waals surface area contributed by atoms with Gasteiger partial charge in [-0.15, -0.1) is 10.2 Å². The Balaban J connectivity index is 1.42. The molecule has 40 heavy (non-hydrogen) atoms. The Bertz CT molecular complexity index is 1290. The van der Waals surface area contributed by atoms with Gasteiger partial charge < -0.3 is 34.8 Å². The summed E-state index contributed by atoms with van der Waals surface area (Å²) in [5.41, 5.74) is 5.73. The van der Waals surface area contributed by atoms with Gasteiger partial charge in [-0.1, -0.05) is 26.0 Å². The lowest BCUT2D eigenvalue weighted by Gasteiger charge is -2.64. The van der Waals surface area contributed by atoms with Gasteiger partial charge in [-0.25, -0.2) is 4.79 Å². The van der Waals surface area contributed by atoms with Crippen molar-refractivity contribution in [1.82, 2.24) is 20.5 Å². The molecule has 0 unspecified atom stereocenters. The summed E-state index contributed by atoms with van der Waals surface area (Å²) in [6.07, 6.45) is 2.24. The van der Waals surface area contributed by atoms with E-state index in [9.17, 15) is 9.59 Å². The molecule has 1 aromatic carbocycles. The molecule has 6 rings (SSSR count). The Labute approximate surface area is 235 Å². The summed E-state index contributed by atoms with van der Waals surface area (Å²) in [5, 5.41) is 10.7. The van der Waals surface area contributed by atoms with E-state index in [2.05, 4.69) is 41.3 Å². The van der Waals surface area contributed by atoms with Crippen molar-refractivity contribution in [2.45, 2.75) is 90.5 Å². The molecule has 2 heterocycles. The molecule has 0 spiro atoms. The number of carbonyl (C=O) groups excluding carboxylic acids is 2. The number of esters is 1. The van der Waals surface area contributed by atoms with Crippen molar-refractivity contribution in [3.8, 4) is 5.75 Å². The van der Waals surface area contributed by atoms with Gasteiger partial charge in [0.15, 0.2) is 0 Å². The Morgan fingerprint density at radius 3 is 2.62 bits per heavy atom. The van der Waals surface area contributed by atoms with Gasteiger partial charge in [-0.3, -0.25) is 4.79 Å². The zero-order valence-corrected chi connectivity index (χ0v) is 24.4. The molecule has 1 aliphatic heterocycles. The summed E-state index contributed by atoms with van der Waals surface area (Å²) in [6.45, 7) is 12.2. The molecule has 216 valence electrons. The molecule has 1 aromatic heterocycles. The van der Waals surface area contributed by atoms with E-state index in [0.717, 1.165) is 18.4 Å². The maximum atomic E-state index is 13.2. The molecule has 2 aromatic rings. The number of aromatic amines is 1. The third-order valence-corrected chi connectivity index (χ3v) is 8.88. The number of anilines is 1. The molecule has 3 saturated carbocycles. The van der Waals surface area contributed by atoms with Crippen LogP contribution in [0.25, 0.3) is 0 Å². The second-order valence-electron chi connectivity index (χ2n) is 13.0. The lowest BCUT2D eigenvalue weighted by atomic mass is 9.43. The molecule has 4 N–H and O–H groups in total. The number of nitrogens with two attached hydrogens (primary N) is 1. The average Bonchev–Trinajstić information content (AvgIpc) is 3.43. The first kappa shape index (κ1) is 28.4. The van der Waals surface area contributed by atoms with Crippen molar-refractivity contribution in [3.05, 3.63) is 35.2 Å². The first-order chi connectivity index (χ1) is 18.7. The van der Waals surface area contributed by atoms with E-state index in [4.69, 9.17) is 24.5 Å². The largest absolute Gasteiger partial charge is 0.496 e. The summed E-state index contributed by atoms with van der Waals surface area (Å²) in [5.74, 6) is 0.505. The van der Waals surface area contributed by atoms with Crippen LogP contribution in [0.2, 0.25) is 0 Å². The summed E-state index contributed by atoms with van der Waals surface area (Å²) < 4.78 is 24.6. The number of amides is 1. The lowest BCUT2D eigenvalue weighted by molar-refractivity contribution is -0.199. The predicted octanol–water partition coefficient (Wildman–Crippen LogP) is 2.89. The van der Waals surface area contributed by atoms with E-state index in [1.807, 2.05) is 26.8 Å². The van der Waals surface area contributed by atoms with Crippen molar-refractivity contribution in [2.24, 2.45) is 17.3 Å². The highest BCUT2D eigenvalue weighted by atomic mass is 16.7. The second kappa shape index (κ2) is 10.1. The van der Waals surface area contributed by atoms with Gasteiger partial charge in [-0.2, -0.15) is 0 Å². The molecule has 3 aliphatic carbocycles. The zero-order valence-electron chi connectivity index (χ0n) is 24.4. The van der Waals surface area contributed by atoms with Gasteiger partial charge in [0, 0.05) is 0 Å². The number of hydrogen-bond donors (Lipinski definition) is 3. The number of carbonyl (C=O) groups is 2. The number of nitrogens with zero attached hydrogens (tertiary/aromatic N) is 2. The molecule has 12 heteroatoms. The molecular weight excluding hydrogens is 513 g/mol. The number of ether oxygens (including phenoxy) is 2. The first-order valence-corrected chi connectivity index (χ1v) is 13.9. The Morgan fingerprint density at radius 2 is 2.00 bits per heavy atom. The van der Waals surface area contributed by atoms with Crippen molar-refractivity contribution < 1.29 is 28.4 Å². The Kier molecular flexibility index (Phi) is 7.15. The van der Waals surface area contributed by atoms with Gasteiger partial charge in [0.05, 0.1) is 31.2 Å². The van der Waals surface area contributed by atoms with E-state index >= 15 is 0 Å². The van der Waals surface area contributed by atoms with Crippen LogP contribution in [0.5, 0.6) is 5.75 Å². The third-order valence-electron chi connectivity index (χ3n) is 8.88. The van der Waals surface area contributed by atoms with Crippen molar-refractivity contribution in [2.75, 3.05) is 12.8 Å². The van der Waals surface area contributed by atoms with E-state index in [0.29, 0.717) is 35.4 Å². The molecule has 5 atom stereocenters. The lowest BCUT2D eigenvalue weighted by Crippen LogP contribution is -2.65. The monoisotopic (exact) mass is 553 g/mol. The number of benzene rings is 1. The fraction of sp³-hybridized carbons (Fsp3) is 0.643. The highest BCUT2D eigenvalue weighted by molar-refractivity contribution is 6.48. The van der Waals surface area contributed by atoms with Crippen LogP contribution >= 0.6 is 0 Å². The van der Waals surface area contributed by atoms with Gasteiger partial charge in [0.25, 0.3) is 0 Å².